The molecule has 31 heavy (non-hydrogen) atoms. The fourth-order valence-electron chi connectivity index (χ4n) is 3.76. The molecule has 7 nitrogen and oxygen atoms in total. The lowest BCUT2D eigenvalue weighted by Gasteiger charge is -2.20. The van der Waals surface area contributed by atoms with E-state index in [-0.39, 0.29) is 11.7 Å². The number of ether oxygens (including phenoxy) is 1. The van der Waals surface area contributed by atoms with E-state index in [0.29, 0.717) is 57.2 Å². The lowest BCUT2D eigenvalue weighted by Crippen LogP contribution is -2.32. The fraction of sp³-hybridized carbons (Fsp3) is 0.375. The van der Waals surface area contributed by atoms with Gasteiger partial charge in [-0.3, -0.25) is 9.59 Å². The number of carboxylic acid groups (broad SMARTS) is 1. The third-order valence-corrected chi connectivity index (χ3v) is 5.52. The third-order valence-electron chi connectivity index (χ3n) is 5.52. The van der Waals surface area contributed by atoms with E-state index in [9.17, 15) is 19.5 Å². The second-order valence-electron chi connectivity index (χ2n) is 7.63. The van der Waals surface area contributed by atoms with Crippen LogP contribution in [0.15, 0.2) is 42.5 Å². The third kappa shape index (κ3) is 6.07. The van der Waals surface area contributed by atoms with E-state index in [0.717, 1.165) is 22.6 Å². The predicted octanol–water partition coefficient (Wildman–Crippen LogP) is 4.16. The summed E-state index contributed by atoms with van der Waals surface area (Å²) < 4.78 is 5.32. The molecule has 0 saturated carbocycles. The molecule has 1 aliphatic rings. The average molecular weight is 424 g/mol. The minimum atomic E-state index is -0.960. The number of Topliss-reactive ketones (excluding diaryl/α,β-unsaturated/α-hetero) is 1. The summed E-state index contributed by atoms with van der Waals surface area (Å²) in [5.74, 6) is 0.791. The molecule has 2 aromatic carbocycles. The zero-order chi connectivity index (χ0) is 22.2. The summed E-state index contributed by atoms with van der Waals surface area (Å²) in [4.78, 5) is 36.9. The zero-order valence-electron chi connectivity index (χ0n) is 17.7. The maximum atomic E-state index is 12.5. The molecule has 0 unspecified atom stereocenters. The van der Waals surface area contributed by atoms with Crippen LogP contribution >= 0.6 is 0 Å². The van der Waals surface area contributed by atoms with Gasteiger partial charge in [0.2, 0.25) is 5.91 Å². The molecule has 3 rings (SSSR count). The molecule has 2 aromatic rings. The number of methoxy groups -OCH3 is 1. The molecule has 0 aromatic heterocycles. The van der Waals surface area contributed by atoms with Crippen molar-refractivity contribution >= 4 is 23.5 Å². The monoisotopic (exact) mass is 424 g/mol. The first-order chi connectivity index (χ1) is 15.0. The number of nitrogens with zero attached hydrogens (tertiary/aromatic N) is 1. The van der Waals surface area contributed by atoms with Crippen LogP contribution in [0.3, 0.4) is 0 Å². The molecule has 0 saturated heterocycles. The Morgan fingerprint density at radius 3 is 2.68 bits per heavy atom. The Morgan fingerprint density at radius 2 is 1.90 bits per heavy atom. The van der Waals surface area contributed by atoms with Crippen molar-refractivity contribution in [2.24, 2.45) is 0 Å². The quantitative estimate of drug-likeness (QED) is 0.441. The van der Waals surface area contributed by atoms with Gasteiger partial charge in [-0.25, -0.2) is 4.79 Å². The van der Waals surface area contributed by atoms with Crippen molar-refractivity contribution in [1.82, 2.24) is 4.90 Å². The molecular formula is C24H28N2O5. The fourth-order valence-corrected chi connectivity index (χ4v) is 3.76. The van der Waals surface area contributed by atoms with Crippen molar-refractivity contribution in [3.63, 3.8) is 0 Å². The van der Waals surface area contributed by atoms with E-state index < -0.39 is 6.09 Å². The summed E-state index contributed by atoms with van der Waals surface area (Å²) in [6.07, 6.45) is 2.28. The number of aryl methyl sites for hydroxylation is 1. The Bertz CT molecular complexity index is 957. The highest BCUT2D eigenvalue weighted by atomic mass is 16.5. The molecule has 1 heterocycles. The summed E-state index contributed by atoms with van der Waals surface area (Å²) in [5, 5.41) is 12.3. The first-order valence-electron chi connectivity index (χ1n) is 10.5. The topological polar surface area (TPSA) is 95.9 Å². The molecule has 2 N–H and O–H groups in total. The van der Waals surface area contributed by atoms with E-state index in [4.69, 9.17) is 4.74 Å². The number of carbonyl (C=O) groups excluding carboxylic acids is 2. The van der Waals surface area contributed by atoms with Crippen LogP contribution in [0.5, 0.6) is 5.75 Å². The van der Waals surface area contributed by atoms with Gasteiger partial charge in [-0.1, -0.05) is 18.2 Å². The minimum Gasteiger partial charge on any atom is -0.496 e. The number of amides is 2. The highest BCUT2D eigenvalue weighted by Gasteiger charge is 2.17. The molecular weight excluding hydrogens is 396 g/mol. The Labute approximate surface area is 182 Å². The minimum absolute atomic E-state index is 0.000249. The Kier molecular flexibility index (Phi) is 7.65. The van der Waals surface area contributed by atoms with Gasteiger partial charge in [0.1, 0.15) is 5.75 Å². The molecule has 0 bridgehead atoms. The average Bonchev–Trinajstić information content (AvgIpc) is 2.77. The van der Waals surface area contributed by atoms with E-state index >= 15 is 0 Å². The lowest BCUT2D eigenvalue weighted by atomic mass is 9.97. The number of nitrogens with one attached hydrogen (secondary N) is 1. The van der Waals surface area contributed by atoms with Crippen molar-refractivity contribution in [3.05, 3.63) is 59.2 Å². The SMILES string of the molecule is COc1ccccc1CCN(CCCCC(=O)c1ccc2c(c1)CCC(=O)N2)C(=O)O. The maximum Gasteiger partial charge on any atom is 0.407 e. The van der Waals surface area contributed by atoms with Crippen LogP contribution in [0.1, 0.15) is 47.2 Å². The Morgan fingerprint density at radius 1 is 1.10 bits per heavy atom. The number of anilines is 1. The molecule has 7 heteroatoms. The summed E-state index contributed by atoms with van der Waals surface area (Å²) in [5.41, 5.74) is 3.37. The van der Waals surface area contributed by atoms with E-state index in [1.807, 2.05) is 30.3 Å². The largest absolute Gasteiger partial charge is 0.496 e. The number of hydrogen-bond donors (Lipinski definition) is 2. The van der Waals surface area contributed by atoms with Crippen molar-refractivity contribution in [2.75, 3.05) is 25.5 Å². The molecule has 164 valence electrons. The van der Waals surface area contributed by atoms with Crippen molar-refractivity contribution in [3.8, 4) is 5.75 Å². The van der Waals surface area contributed by atoms with Gasteiger partial charge < -0.3 is 20.1 Å². The van der Waals surface area contributed by atoms with Gasteiger partial charge >= 0.3 is 6.09 Å². The van der Waals surface area contributed by atoms with Gasteiger partial charge in [-0.2, -0.15) is 0 Å². The Balaban J connectivity index is 1.46. The molecule has 2 amide bonds. The van der Waals surface area contributed by atoms with Gasteiger partial charge in [0.15, 0.2) is 5.78 Å². The summed E-state index contributed by atoms with van der Waals surface area (Å²) >= 11 is 0. The molecule has 0 radical (unpaired) electrons. The first kappa shape index (κ1) is 22.3. The standard InChI is InChI=1S/C24H28N2O5/c1-31-22-8-3-2-6-17(22)13-15-26(24(29)30)14-5-4-7-21(27)19-9-11-20-18(16-19)10-12-23(28)25-20/h2-3,6,8-9,11,16H,4-5,7,10,12-15H2,1H3,(H,25,28)(H,29,30). The van der Waals surface area contributed by atoms with Crippen molar-refractivity contribution in [1.29, 1.82) is 0 Å². The van der Waals surface area contributed by atoms with Crippen LogP contribution in [-0.4, -0.2) is 48.0 Å². The van der Waals surface area contributed by atoms with E-state index in [2.05, 4.69) is 5.32 Å². The number of benzene rings is 2. The predicted molar refractivity (Wildman–Crippen MR) is 118 cm³/mol. The number of para-hydroxylation sites is 1. The second-order valence-corrected chi connectivity index (χ2v) is 7.63. The van der Waals surface area contributed by atoms with Crippen molar-refractivity contribution in [2.45, 2.75) is 38.5 Å². The van der Waals surface area contributed by atoms with Crippen LogP contribution in [0, 0.1) is 0 Å². The Hall–Kier alpha value is -3.35. The van der Waals surface area contributed by atoms with E-state index in [1.165, 1.54) is 4.90 Å². The number of ketones is 1. The van der Waals surface area contributed by atoms with Crippen LogP contribution in [0.25, 0.3) is 0 Å². The van der Waals surface area contributed by atoms with Gasteiger partial charge in [-0.15, -0.1) is 0 Å². The van der Waals surface area contributed by atoms with Gasteiger partial charge in [0, 0.05) is 37.2 Å². The molecule has 1 aliphatic heterocycles. The van der Waals surface area contributed by atoms with Crippen molar-refractivity contribution < 1.29 is 24.2 Å². The summed E-state index contributed by atoms with van der Waals surface area (Å²) in [6.45, 7) is 0.758. The molecule has 0 aliphatic carbocycles. The number of rotatable bonds is 10. The maximum absolute atomic E-state index is 12.5. The molecule has 0 atom stereocenters. The number of fused-ring (bicyclic) bond motifs is 1. The van der Waals surface area contributed by atoms with Gasteiger partial charge in [0.05, 0.1) is 7.11 Å². The van der Waals surface area contributed by atoms with Crippen LogP contribution in [-0.2, 0) is 17.6 Å². The number of carbonyl (C=O) groups is 3. The zero-order valence-corrected chi connectivity index (χ0v) is 17.7. The van der Waals surface area contributed by atoms with Crippen LogP contribution in [0.2, 0.25) is 0 Å². The lowest BCUT2D eigenvalue weighted by molar-refractivity contribution is -0.116. The number of unbranched alkanes of at least 4 members (excludes halogenated alkanes) is 1. The highest BCUT2D eigenvalue weighted by Crippen LogP contribution is 2.24. The smallest absolute Gasteiger partial charge is 0.407 e. The summed E-state index contributed by atoms with van der Waals surface area (Å²) in [7, 11) is 1.60. The van der Waals surface area contributed by atoms with Gasteiger partial charge in [0.25, 0.3) is 0 Å². The summed E-state index contributed by atoms with van der Waals surface area (Å²) in [6, 6.07) is 13.0. The van der Waals surface area contributed by atoms with Crippen LogP contribution < -0.4 is 10.1 Å². The highest BCUT2D eigenvalue weighted by molar-refractivity contribution is 5.98. The molecule has 0 spiro atoms. The number of hydrogen-bond acceptors (Lipinski definition) is 4. The normalized spacial score (nSPS) is 12.6. The molecule has 0 fully saturated rings. The first-order valence-corrected chi connectivity index (χ1v) is 10.5. The van der Waals surface area contributed by atoms with E-state index in [1.54, 1.807) is 19.2 Å². The van der Waals surface area contributed by atoms with Crippen LogP contribution in [0.4, 0.5) is 10.5 Å². The second kappa shape index (κ2) is 10.6. The van der Waals surface area contributed by atoms with Gasteiger partial charge in [-0.05, 0) is 61.1 Å².